The topological polar surface area (TPSA) is 86.8 Å². The molecule has 42 heavy (non-hydrogen) atoms. The van der Waals surface area contributed by atoms with Gasteiger partial charge in [0.15, 0.2) is 0 Å². The van der Waals surface area contributed by atoms with Crippen molar-refractivity contribution in [2.45, 2.75) is 58.2 Å². The second-order valence-electron chi connectivity index (χ2n) is 10.2. The summed E-state index contributed by atoms with van der Waals surface area (Å²) < 4.78 is 27.4. The Kier molecular flexibility index (Phi) is 12.7. The minimum Gasteiger partial charge on any atom is -0.352 e. The molecule has 0 aliphatic heterocycles. The van der Waals surface area contributed by atoms with Crippen LogP contribution in [0.2, 0.25) is 10.0 Å². The molecule has 2 atom stereocenters. The molecule has 0 heterocycles. The van der Waals surface area contributed by atoms with E-state index in [1.807, 2.05) is 68.4 Å². The fraction of sp³-hybridized carbons (Fsp3) is 0.355. The van der Waals surface area contributed by atoms with Crippen LogP contribution in [0.3, 0.4) is 0 Å². The molecule has 0 aliphatic rings. The van der Waals surface area contributed by atoms with Crippen LogP contribution >= 0.6 is 39.1 Å². The second-order valence-corrected chi connectivity index (χ2v) is 13.9. The minimum atomic E-state index is -3.72. The highest BCUT2D eigenvalue weighted by Crippen LogP contribution is 2.31. The molecule has 3 aromatic rings. The van der Waals surface area contributed by atoms with E-state index in [1.54, 1.807) is 11.0 Å². The molecule has 0 radical (unpaired) electrons. The highest BCUT2D eigenvalue weighted by atomic mass is 79.9. The Bertz CT molecular complexity index is 1470. The van der Waals surface area contributed by atoms with Crippen molar-refractivity contribution < 1.29 is 18.0 Å². The highest BCUT2D eigenvalue weighted by molar-refractivity contribution is 9.10. The molecule has 226 valence electrons. The standard InChI is InChI=1S/C31H36BrCl2N3O4S/c1-4-22(2)35-31(39)29(19-23-10-6-5-7-11-23)36(21-24-12-8-13-25(32)18-24)30(38)14-9-17-37(42(3,40)41)28-20-26(33)15-16-27(28)34/h5-8,10-13,15-16,18,20,22,29H,4,9,14,17,19,21H2,1-3H3,(H,35,39)/t22-,29+/m0/s1. The van der Waals surface area contributed by atoms with E-state index in [9.17, 15) is 18.0 Å². The number of halogens is 3. The number of benzene rings is 3. The molecule has 0 saturated carbocycles. The van der Waals surface area contributed by atoms with E-state index in [2.05, 4.69) is 21.2 Å². The zero-order valence-electron chi connectivity index (χ0n) is 23.9. The van der Waals surface area contributed by atoms with E-state index in [4.69, 9.17) is 23.2 Å². The summed E-state index contributed by atoms with van der Waals surface area (Å²) in [5.74, 6) is -0.499. The summed E-state index contributed by atoms with van der Waals surface area (Å²) in [5, 5.41) is 3.63. The van der Waals surface area contributed by atoms with Gasteiger partial charge in [0, 0.05) is 41.5 Å². The molecule has 3 rings (SSSR count). The van der Waals surface area contributed by atoms with Crippen LogP contribution in [0.25, 0.3) is 0 Å². The zero-order valence-corrected chi connectivity index (χ0v) is 27.8. The number of anilines is 1. The first-order valence-corrected chi connectivity index (χ1v) is 17.1. The van der Waals surface area contributed by atoms with Gasteiger partial charge in [-0.1, -0.05) is 88.5 Å². The number of amides is 2. The maximum atomic E-state index is 13.9. The van der Waals surface area contributed by atoms with Gasteiger partial charge >= 0.3 is 0 Å². The third-order valence-electron chi connectivity index (χ3n) is 6.84. The van der Waals surface area contributed by atoms with Crippen LogP contribution in [0.4, 0.5) is 5.69 Å². The Morgan fingerprint density at radius 1 is 0.976 bits per heavy atom. The molecule has 3 aromatic carbocycles. The Hall–Kier alpha value is -2.59. The van der Waals surface area contributed by atoms with Gasteiger partial charge in [-0.2, -0.15) is 0 Å². The lowest BCUT2D eigenvalue weighted by Crippen LogP contribution is -2.52. The van der Waals surface area contributed by atoms with Crippen molar-refractivity contribution in [1.29, 1.82) is 0 Å². The van der Waals surface area contributed by atoms with Gasteiger partial charge in [0.05, 0.1) is 17.0 Å². The number of carbonyl (C=O) groups excluding carboxylic acids is 2. The minimum absolute atomic E-state index is 0.0117. The second kappa shape index (κ2) is 15.8. The Labute approximate surface area is 267 Å². The lowest BCUT2D eigenvalue weighted by Gasteiger charge is -2.33. The SMILES string of the molecule is CC[C@H](C)NC(=O)[C@@H](Cc1ccccc1)N(Cc1cccc(Br)c1)C(=O)CCCN(c1cc(Cl)ccc1Cl)S(C)(=O)=O. The van der Waals surface area contributed by atoms with Gasteiger partial charge in [0.25, 0.3) is 0 Å². The first-order chi connectivity index (χ1) is 19.9. The van der Waals surface area contributed by atoms with E-state index >= 15 is 0 Å². The number of carbonyl (C=O) groups is 2. The third kappa shape index (κ3) is 10.0. The van der Waals surface area contributed by atoms with Crippen molar-refractivity contribution in [3.63, 3.8) is 0 Å². The summed E-state index contributed by atoms with van der Waals surface area (Å²) in [6.45, 7) is 4.14. The lowest BCUT2D eigenvalue weighted by molar-refractivity contribution is -0.141. The monoisotopic (exact) mass is 695 g/mol. The average molecular weight is 698 g/mol. The number of nitrogens with zero attached hydrogens (tertiary/aromatic N) is 2. The molecule has 0 fully saturated rings. The first kappa shape index (κ1) is 33.9. The first-order valence-electron chi connectivity index (χ1n) is 13.7. The van der Waals surface area contributed by atoms with Gasteiger partial charge in [0.1, 0.15) is 6.04 Å². The molecule has 0 bridgehead atoms. The van der Waals surface area contributed by atoms with Crippen molar-refractivity contribution in [3.05, 3.63) is 98.4 Å². The predicted molar refractivity (Wildman–Crippen MR) is 174 cm³/mol. The van der Waals surface area contributed by atoms with Crippen molar-refractivity contribution in [2.75, 3.05) is 17.1 Å². The van der Waals surface area contributed by atoms with E-state index in [-0.39, 0.29) is 54.5 Å². The van der Waals surface area contributed by atoms with E-state index in [0.29, 0.717) is 11.4 Å². The van der Waals surface area contributed by atoms with Crippen molar-refractivity contribution in [3.8, 4) is 0 Å². The zero-order chi connectivity index (χ0) is 30.9. The summed E-state index contributed by atoms with van der Waals surface area (Å²) in [4.78, 5) is 29.2. The molecule has 0 saturated heterocycles. The van der Waals surface area contributed by atoms with Gasteiger partial charge in [-0.25, -0.2) is 8.42 Å². The molecule has 0 spiro atoms. The summed E-state index contributed by atoms with van der Waals surface area (Å²) in [5.41, 5.74) is 2.03. The fourth-order valence-corrected chi connectivity index (χ4v) is 6.34. The summed E-state index contributed by atoms with van der Waals surface area (Å²) >= 11 is 15.9. The van der Waals surface area contributed by atoms with Crippen molar-refractivity contribution in [1.82, 2.24) is 10.2 Å². The Morgan fingerprint density at radius 2 is 1.67 bits per heavy atom. The molecule has 11 heteroatoms. The average Bonchev–Trinajstić information content (AvgIpc) is 2.94. The fourth-order valence-electron chi connectivity index (χ4n) is 4.49. The smallest absolute Gasteiger partial charge is 0.243 e. The highest BCUT2D eigenvalue weighted by Gasteiger charge is 2.31. The Balaban J connectivity index is 1.91. The van der Waals surface area contributed by atoms with Gasteiger partial charge in [-0.3, -0.25) is 13.9 Å². The van der Waals surface area contributed by atoms with Crippen LogP contribution in [-0.4, -0.2) is 50.0 Å². The van der Waals surface area contributed by atoms with Crippen LogP contribution in [-0.2, 0) is 32.6 Å². The molecule has 1 N–H and O–H groups in total. The van der Waals surface area contributed by atoms with E-state index in [0.717, 1.165) is 32.6 Å². The predicted octanol–water partition coefficient (Wildman–Crippen LogP) is 6.86. The summed E-state index contributed by atoms with van der Waals surface area (Å²) in [6.07, 6.45) is 2.38. The summed E-state index contributed by atoms with van der Waals surface area (Å²) in [6, 6.07) is 20.9. The third-order valence-corrected chi connectivity index (χ3v) is 9.07. The maximum absolute atomic E-state index is 13.9. The van der Waals surface area contributed by atoms with Crippen molar-refractivity contribution in [2.24, 2.45) is 0 Å². The van der Waals surface area contributed by atoms with Gasteiger partial charge in [0.2, 0.25) is 21.8 Å². The molecule has 0 unspecified atom stereocenters. The number of sulfonamides is 1. The molecule has 0 aliphatic carbocycles. The number of rotatable bonds is 14. The van der Waals surface area contributed by atoms with Crippen LogP contribution in [0.15, 0.2) is 77.3 Å². The molecule has 2 amide bonds. The van der Waals surface area contributed by atoms with Gasteiger partial charge < -0.3 is 10.2 Å². The van der Waals surface area contributed by atoms with Crippen molar-refractivity contribution >= 4 is 66.7 Å². The molecular formula is C31H36BrCl2N3O4S. The lowest BCUT2D eigenvalue weighted by atomic mass is 10.0. The molecule has 7 nitrogen and oxygen atoms in total. The van der Waals surface area contributed by atoms with E-state index in [1.165, 1.54) is 12.1 Å². The number of hydrogen-bond acceptors (Lipinski definition) is 4. The largest absolute Gasteiger partial charge is 0.352 e. The Morgan fingerprint density at radius 3 is 2.31 bits per heavy atom. The van der Waals surface area contributed by atoms with Crippen LogP contribution in [0, 0.1) is 0 Å². The van der Waals surface area contributed by atoms with Crippen LogP contribution < -0.4 is 9.62 Å². The van der Waals surface area contributed by atoms with E-state index < -0.39 is 16.1 Å². The van der Waals surface area contributed by atoms with Gasteiger partial charge in [-0.15, -0.1) is 0 Å². The normalized spacial score (nSPS) is 12.8. The number of nitrogens with one attached hydrogen (secondary N) is 1. The quantitative estimate of drug-likeness (QED) is 0.200. The van der Waals surface area contributed by atoms with Crippen LogP contribution in [0.1, 0.15) is 44.2 Å². The van der Waals surface area contributed by atoms with Crippen LogP contribution in [0.5, 0.6) is 0 Å². The summed E-state index contributed by atoms with van der Waals surface area (Å²) in [7, 11) is -3.72. The molecular weight excluding hydrogens is 661 g/mol. The maximum Gasteiger partial charge on any atom is 0.243 e. The number of hydrogen-bond donors (Lipinski definition) is 1. The van der Waals surface area contributed by atoms with Gasteiger partial charge in [-0.05, 0) is 61.2 Å². The molecule has 0 aromatic heterocycles.